The molecule has 21 heavy (non-hydrogen) atoms. The molecule has 0 amide bonds. The van der Waals surface area contributed by atoms with Gasteiger partial charge in [-0.25, -0.2) is 4.79 Å². The maximum Gasteiger partial charge on any atom is 0.339 e. The van der Waals surface area contributed by atoms with Crippen molar-refractivity contribution in [2.45, 2.75) is 34.1 Å². The van der Waals surface area contributed by atoms with Crippen LogP contribution in [0.1, 0.15) is 44.5 Å². The van der Waals surface area contributed by atoms with Crippen molar-refractivity contribution in [2.24, 2.45) is 0 Å². The standard InChI is InChI=1S/C11H8ClNO2S.C3H8.C2H6/c12-7-3-1-6(2-4-7)8-5-16-10(13)9(8)11(14)15;1-3-2;1-2/h1-5H,13H2,(H,14,15);3H2,1-2H3;1-2H3. The number of carboxylic acids is 1. The van der Waals surface area contributed by atoms with Gasteiger partial charge in [-0.15, -0.1) is 11.3 Å². The van der Waals surface area contributed by atoms with Crippen molar-refractivity contribution < 1.29 is 9.90 Å². The lowest BCUT2D eigenvalue weighted by Crippen LogP contribution is -2.00. The molecule has 1 aromatic heterocycles. The molecular formula is C16H22ClNO2S. The van der Waals surface area contributed by atoms with Gasteiger partial charge in [0.05, 0.1) is 0 Å². The number of rotatable bonds is 2. The van der Waals surface area contributed by atoms with Gasteiger partial charge in [-0.05, 0) is 17.7 Å². The summed E-state index contributed by atoms with van der Waals surface area (Å²) >= 11 is 6.99. The first-order valence-electron chi connectivity index (χ1n) is 6.87. The van der Waals surface area contributed by atoms with Crippen molar-refractivity contribution in [3.63, 3.8) is 0 Å². The number of carboxylic acid groups (broad SMARTS) is 1. The molecule has 1 heterocycles. The zero-order chi connectivity index (χ0) is 16.4. The second kappa shape index (κ2) is 10.2. The van der Waals surface area contributed by atoms with E-state index in [1.807, 2.05) is 13.8 Å². The van der Waals surface area contributed by atoms with Crippen molar-refractivity contribution in [2.75, 3.05) is 5.73 Å². The third-order valence-electron chi connectivity index (χ3n) is 2.19. The summed E-state index contributed by atoms with van der Waals surface area (Å²) < 4.78 is 0. The Hall–Kier alpha value is -1.52. The van der Waals surface area contributed by atoms with Crippen LogP contribution in [-0.4, -0.2) is 11.1 Å². The van der Waals surface area contributed by atoms with E-state index in [4.69, 9.17) is 22.4 Å². The van der Waals surface area contributed by atoms with Crippen LogP contribution in [0.3, 0.4) is 0 Å². The molecule has 1 aromatic carbocycles. The molecule has 0 saturated heterocycles. The highest BCUT2D eigenvalue weighted by atomic mass is 35.5. The van der Waals surface area contributed by atoms with Crippen LogP contribution in [0.4, 0.5) is 5.00 Å². The Morgan fingerprint density at radius 3 is 2.14 bits per heavy atom. The maximum absolute atomic E-state index is 11.0. The second-order valence-electron chi connectivity index (χ2n) is 3.91. The van der Waals surface area contributed by atoms with Crippen LogP contribution in [0.25, 0.3) is 11.1 Å². The number of benzene rings is 1. The van der Waals surface area contributed by atoms with E-state index >= 15 is 0 Å². The van der Waals surface area contributed by atoms with Gasteiger partial charge in [0.1, 0.15) is 10.6 Å². The molecule has 2 aromatic rings. The number of hydrogen-bond donors (Lipinski definition) is 2. The van der Waals surface area contributed by atoms with Crippen LogP contribution in [0, 0.1) is 0 Å². The third kappa shape index (κ3) is 5.78. The smallest absolute Gasteiger partial charge is 0.339 e. The topological polar surface area (TPSA) is 63.3 Å². The van der Waals surface area contributed by atoms with Crippen LogP contribution >= 0.6 is 22.9 Å². The summed E-state index contributed by atoms with van der Waals surface area (Å²) in [4.78, 5) is 11.0. The van der Waals surface area contributed by atoms with E-state index in [-0.39, 0.29) is 5.56 Å². The number of nitrogen functional groups attached to an aromatic ring is 1. The average Bonchev–Trinajstić information content (AvgIpc) is 2.85. The SMILES string of the molecule is CC.CCC.Nc1scc(-c2ccc(Cl)cc2)c1C(=O)O. The Morgan fingerprint density at radius 2 is 1.71 bits per heavy atom. The van der Waals surface area contributed by atoms with Gasteiger partial charge < -0.3 is 10.8 Å². The van der Waals surface area contributed by atoms with E-state index in [9.17, 15) is 4.79 Å². The summed E-state index contributed by atoms with van der Waals surface area (Å²) in [5.74, 6) is -1.01. The van der Waals surface area contributed by atoms with Crippen LogP contribution in [0.5, 0.6) is 0 Å². The van der Waals surface area contributed by atoms with Crippen molar-refractivity contribution in [3.05, 3.63) is 40.2 Å². The number of halogens is 1. The molecular weight excluding hydrogens is 306 g/mol. The molecule has 3 N–H and O–H groups in total. The average molecular weight is 328 g/mol. The van der Waals surface area contributed by atoms with E-state index in [1.54, 1.807) is 29.6 Å². The minimum atomic E-state index is -1.01. The molecule has 5 heteroatoms. The van der Waals surface area contributed by atoms with Gasteiger partial charge in [-0.1, -0.05) is 57.8 Å². The first-order chi connectivity index (χ1) is 10.0. The van der Waals surface area contributed by atoms with Gasteiger partial charge in [0, 0.05) is 16.0 Å². The summed E-state index contributed by atoms with van der Waals surface area (Å²) in [5, 5.41) is 11.7. The summed E-state index contributed by atoms with van der Waals surface area (Å²) in [7, 11) is 0. The van der Waals surface area contributed by atoms with Crippen LogP contribution < -0.4 is 5.73 Å². The highest BCUT2D eigenvalue weighted by Gasteiger charge is 2.17. The number of carbonyl (C=O) groups is 1. The zero-order valence-electron chi connectivity index (χ0n) is 12.8. The van der Waals surface area contributed by atoms with Gasteiger partial charge in [-0.3, -0.25) is 0 Å². The summed E-state index contributed by atoms with van der Waals surface area (Å²) in [6.07, 6.45) is 1.25. The Balaban J connectivity index is 0.000000713. The van der Waals surface area contributed by atoms with Crippen molar-refractivity contribution in [1.29, 1.82) is 0 Å². The van der Waals surface area contributed by atoms with Crippen LogP contribution in [0.15, 0.2) is 29.6 Å². The highest BCUT2D eigenvalue weighted by Crippen LogP contribution is 2.33. The molecule has 0 spiro atoms. The monoisotopic (exact) mass is 327 g/mol. The first-order valence-corrected chi connectivity index (χ1v) is 8.13. The predicted octanol–water partition coefficient (Wildman–Crippen LogP) is 5.79. The Labute approximate surface area is 135 Å². The highest BCUT2D eigenvalue weighted by molar-refractivity contribution is 7.14. The Kier molecular flexibility index (Phi) is 9.50. The molecule has 3 nitrogen and oxygen atoms in total. The maximum atomic E-state index is 11.0. The number of nitrogens with two attached hydrogens (primary N) is 1. The van der Waals surface area contributed by atoms with Gasteiger partial charge >= 0.3 is 5.97 Å². The Bertz CT molecular complexity index is 550. The molecule has 0 bridgehead atoms. The number of anilines is 1. The minimum absolute atomic E-state index is 0.160. The fourth-order valence-electron chi connectivity index (χ4n) is 1.44. The second-order valence-corrected chi connectivity index (χ2v) is 5.26. The fourth-order valence-corrected chi connectivity index (χ4v) is 2.38. The summed E-state index contributed by atoms with van der Waals surface area (Å²) in [6, 6.07) is 6.99. The molecule has 2 rings (SSSR count). The van der Waals surface area contributed by atoms with Gasteiger partial charge in [0.15, 0.2) is 0 Å². The van der Waals surface area contributed by atoms with E-state index in [2.05, 4.69) is 13.8 Å². The number of aromatic carboxylic acids is 1. The number of thiophene rings is 1. The lowest BCUT2D eigenvalue weighted by molar-refractivity contribution is 0.0699. The zero-order valence-corrected chi connectivity index (χ0v) is 14.4. The van der Waals surface area contributed by atoms with Gasteiger partial charge in [0.25, 0.3) is 0 Å². The largest absolute Gasteiger partial charge is 0.478 e. The van der Waals surface area contributed by atoms with Gasteiger partial charge in [0.2, 0.25) is 0 Å². The van der Waals surface area contributed by atoms with Crippen LogP contribution in [-0.2, 0) is 0 Å². The molecule has 0 unspecified atom stereocenters. The first kappa shape index (κ1) is 19.5. The minimum Gasteiger partial charge on any atom is -0.478 e. The summed E-state index contributed by atoms with van der Waals surface area (Å²) in [6.45, 7) is 8.25. The number of hydrogen-bond acceptors (Lipinski definition) is 3. The van der Waals surface area contributed by atoms with Gasteiger partial charge in [-0.2, -0.15) is 0 Å². The molecule has 0 aliphatic heterocycles. The molecule has 0 radical (unpaired) electrons. The molecule has 0 saturated carbocycles. The normalized spacial score (nSPS) is 9.00. The van der Waals surface area contributed by atoms with Crippen molar-refractivity contribution in [3.8, 4) is 11.1 Å². The van der Waals surface area contributed by atoms with E-state index in [1.165, 1.54) is 17.8 Å². The van der Waals surface area contributed by atoms with E-state index < -0.39 is 5.97 Å². The quantitative estimate of drug-likeness (QED) is 0.733. The van der Waals surface area contributed by atoms with Crippen molar-refractivity contribution in [1.82, 2.24) is 0 Å². The molecule has 116 valence electrons. The fraction of sp³-hybridized carbons (Fsp3) is 0.312. The summed E-state index contributed by atoms with van der Waals surface area (Å²) in [5.41, 5.74) is 7.21. The molecule has 0 aliphatic carbocycles. The molecule has 0 fully saturated rings. The predicted molar refractivity (Wildman–Crippen MR) is 93.4 cm³/mol. The Morgan fingerprint density at radius 1 is 1.24 bits per heavy atom. The van der Waals surface area contributed by atoms with Crippen molar-refractivity contribution >= 4 is 33.9 Å². The van der Waals surface area contributed by atoms with E-state index in [0.29, 0.717) is 15.6 Å². The third-order valence-corrected chi connectivity index (χ3v) is 3.25. The molecule has 0 aliphatic rings. The molecule has 0 atom stereocenters. The van der Waals surface area contributed by atoms with E-state index in [0.717, 1.165) is 5.56 Å². The van der Waals surface area contributed by atoms with Crippen LogP contribution in [0.2, 0.25) is 5.02 Å². The lowest BCUT2D eigenvalue weighted by Gasteiger charge is -2.01. The lowest BCUT2D eigenvalue weighted by atomic mass is 10.0.